The number of amides is 1. The SMILES string of the molecule is Cc1c([C@H](C)NC(=O)[C@H]2CCCN(Cc3ccccc3)C2)cnn1C. The highest BCUT2D eigenvalue weighted by molar-refractivity contribution is 5.79. The van der Waals surface area contributed by atoms with Gasteiger partial charge in [-0.05, 0) is 38.8 Å². The summed E-state index contributed by atoms with van der Waals surface area (Å²) in [6, 6.07) is 10.5. The lowest BCUT2D eigenvalue weighted by Crippen LogP contribution is -2.43. The maximum Gasteiger partial charge on any atom is 0.224 e. The molecular weight excluding hydrogens is 312 g/mol. The van der Waals surface area contributed by atoms with Gasteiger partial charge in [0.05, 0.1) is 18.2 Å². The van der Waals surface area contributed by atoms with Crippen LogP contribution in [0.25, 0.3) is 0 Å². The zero-order chi connectivity index (χ0) is 17.8. The topological polar surface area (TPSA) is 50.2 Å². The van der Waals surface area contributed by atoms with E-state index in [-0.39, 0.29) is 17.9 Å². The van der Waals surface area contributed by atoms with Gasteiger partial charge in [0.2, 0.25) is 5.91 Å². The highest BCUT2D eigenvalue weighted by Crippen LogP contribution is 2.21. The summed E-state index contributed by atoms with van der Waals surface area (Å²) in [7, 11) is 1.93. The largest absolute Gasteiger partial charge is 0.349 e. The normalized spacial score (nSPS) is 19.6. The zero-order valence-corrected chi connectivity index (χ0v) is 15.4. The highest BCUT2D eigenvalue weighted by Gasteiger charge is 2.27. The monoisotopic (exact) mass is 340 g/mol. The number of piperidine rings is 1. The number of rotatable bonds is 5. The maximum absolute atomic E-state index is 12.7. The molecule has 1 aromatic heterocycles. The molecule has 0 saturated carbocycles. The van der Waals surface area contributed by atoms with Crippen LogP contribution in [-0.2, 0) is 18.4 Å². The number of hydrogen-bond donors (Lipinski definition) is 1. The number of nitrogens with zero attached hydrogens (tertiary/aromatic N) is 3. The molecule has 5 heteroatoms. The summed E-state index contributed by atoms with van der Waals surface area (Å²) < 4.78 is 1.85. The Morgan fingerprint density at radius 1 is 1.36 bits per heavy atom. The van der Waals surface area contributed by atoms with Crippen molar-refractivity contribution >= 4 is 5.91 Å². The third-order valence-electron chi connectivity index (χ3n) is 5.22. The molecule has 1 aromatic carbocycles. The standard InChI is InChI=1S/C20H28N4O/c1-15(19-12-21-23(3)16(19)2)22-20(25)18-10-7-11-24(14-18)13-17-8-5-4-6-9-17/h4-6,8-9,12,15,18H,7,10-11,13-14H2,1-3H3,(H,22,25)/t15-,18-/m0/s1. The van der Waals surface area contributed by atoms with Crippen LogP contribution in [0.1, 0.15) is 42.6 Å². The van der Waals surface area contributed by atoms with Crippen molar-refractivity contribution < 1.29 is 4.79 Å². The fourth-order valence-electron chi connectivity index (χ4n) is 3.60. The molecule has 3 rings (SSSR count). The van der Waals surface area contributed by atoms with Gasteiger partial charge in [0, 0.05) is 31.4 Å². The summed E-state index contributed by atoms with van der Waals surface area (Å²) in [5, 5.41) is 7.46. The molecule has 0 bridgehead atoms. The molecule has 0 radical (unpaired) electrons. The second-order valence-corrected chi connectivity index (χ2v) is 7.10. The zero-order valence-electron chi connectivity index (χ0n) is 15.4. The van der Waals surface area contributed by atoms with Gasteiger partial charge in [-0.3, -0.25) is 14.4 Å². The van der Waals surface area contributed by atoms with Crippen molar-refractivity contribution in [2.45, 2.75) is 39.3 Å². The summed E-state index contributed by atoms with van der Waals surface area (Å²) in [4.78, 5) is 15.1. The number of aromatic nitrogens is 2. The predicted octanol–water partition coefficient (Wildman–Crippen LogP) is 2.82. The summed E-state index contributed by atoms with van der Waals surface area (Å²) in [5.41, 5.74) is 3.50. The molecule has 1 aliphatic rings. The molecule has 2 atom stereocenters. The second kappa shape index (κ2) is 7.83. The van der Waals surface area contributed by atoms with Gasteiger partial charge in [-0.25, -0.2) is 0 Å². The molecular formula is C20H28N4O. The third kappa shape index (κ3) is 4.28. The first-order valence-electron chi connectivity index (χ1n) is 9.09. The van der Waals surface area contributed by atoms with Gasteiger partial charge in [0.25, 0.3) is 0 Å². The summed E-state index contributed by atoms with van der Waals surface area (Å²) in [5.74, 6) is 0.227. The van der Waals surface area contributed by atoms with Crippen LogP contribution in [0.2, 0.25) is 0 Å². The molecule has 2 aromatic rings. The van der Waals surface area contributed by atoms with Gasteiger partial charge in [0.15, 0.2) is 0 Å². The van der Waals surface area contributed by atoms with Crippen molar-refractivity contribution in [3.63, 3.8) is 0 Å². The molecule has 5 nitrogen and oxygen atoms in total. The first-order chi connectivity index (χ1) is 12.0. The van der Waals surface area contributed by atoms with Crippen LogP contribution >= 0.6 is 0 Å². The molecule has 1 amide bonds. The van der Waals surface area contributed by atoms with E-state index >= 15 is 0 Å². The second-order valence-electron chi connectivity index (χ2n) is 7.10. The molecule has 0 unspecified atom stereocenters. The highest BCUT2D eigenvalue weighted by atomic mass is 16.2. The Morgan fingerprint density at radius 2 is 2.12 bits per heavy atom. The smallest absolute Gasteiger partial charge is 0.224 e. The van der Waals surface area contributed by atoms with E-state index in [1.54, 1.807) is 0 Å². The van der Waals surface area contributed by atoms with Gasteiger partial charge in [-0.1, -0.05) is 30.3 Å². The van der Waals surface area contributed by atoms with E-state index in [0.717, 1.165) is 43.7 Å². The summed E-state index contributed by atoms with van der Waals surface area (Å²) >= 11 is 0. The van der Waals surface area contributed by atoms with E-state index in [9.17, 15) is 4.79 Å². The number of carbonyl (C=O) groups excluding carboxylic acids is 1. The van der Waals surface area contributed by atoms with Crippen LogP contribution < -0.4 is 5.32 Å². The molecule has 25 heavy (non-hydrogen) atoms. The van der Waals surface area contributed by atoms with Crippen molar-refractivity contribution in [1.82, 2.24) is 20.0 Å². The van der Waals surface area contributed by atoms with Gasteiger partial charge in [-0.15, -0.1) is 0 Å². The molecule has 1 N–H and O–H groups in total. The lowest BCUT2D eigenvalue weighted by molar-refractivity contribution is -0.127. The van der Waals surface area contributed by atoms with E-state index in [4.69, 9.17) is 0 Å². The predicted molar refractivity (Wildman–Crippen MR) is 98.9 cm³/mol. The van der Waals surface area contributed by atoms with Crippen molar-refractivity contribution in [1.29, 1.82) is 0 Å². The number of nitrogens with one attached hydrogen (secondary N) is 1. The van der Waals surface area contributed by atoms with Crippen molar-refractivity contribution in [2.24, 2.45) is 13.0 Å². The molecule has 134 valence electrons. The number of likely N-dealkylation sites (tertiary alicyclic amines) is 1. The summed E-state index contributed by atoms with van der Waals surface area (Å²) in [6.07, 6.45) is 3.89. The molecule has 0 aliphatic carbocycles. The van der Waals surface area contributed by atoms with E-state index in [1.165, 1.54) is 5.56 Å². The minimum Gasteiger partial charge on any atom is -0.349 e. The van der Waals surface area contributed by atoms with E-state index in [2.05, 4.69) is 39.6 Å². The maximum atomic E-state index is 12.7. The quantitative estimate of drug-likeness (QED) is 0.910. The van der Waals surface area contributed by atoms with Crippen molar-refractivity contribution in [3.05, 3.63) is 53.3 Å². The number of aryl methyl sites for hydroxylation is 1. The lowest BCUT2D eigenvalue weighted by Gasteiger charge is -2.32. The van der Waals surface area contributed by atoms with Crippen LogP contribution in [-0.4, -0.2) is 33.7 Å². The minimum atomic E-state index is -0.00861. The fourth-order valence-corrected chi connectivity index (χ4v) is 3.60. The van der Waals surface area contributed by atoms with Crippen molar-refractivity contribution in [3.8, 4) is 0 Å². The van der Waals surface area contributed by atoms with E-state index < -0.39 is 0 Å². The number of hydrogen-bond acceptors (Lipinski definition) is 3. The number of carbonyl (C=O) groups is 1. The van der Waals surface area contributed by atoms with Crippen molar-refractivity contribution in [2.75, 3.05) is 13.1 Å². The Balaban J connectivity index is 1.57. The van der Waals surface area contributed by atoms with Crippen LogP contribution in [0.5, 0.6) is 0 Å². The average molecular weight is 340 g/mol. The van der Waals surface area contributed by atoms with Crippen LogP contribution in [0.15, 0.2) is 36.5 Å². The van der Waals surface area contributed by atoms with Gasteiger partial charge >= 0.3 is 0 Å². The Labute approximate surface area is 150 Å². The Bertz CT molecular complexity index is 710. The van der Waals surface area contributed by atoms with E-state index in [1.807, 2.05) is 37.8 Å². The molecule has 1 saturated heterocycles. The number of benzene rings is 1. The molecule has 0 spiro atoms. The van der Waals surface area contributed by atoms with Crippen LogP contribution in [0, 0.1) is 12.8 Å². The lowest BCUT2D eigenvalue weighted by atomic mass is 9.96. The Hall–Kier alpha value is -2.14. The first kappa shape index (κ1) is 17.7. The minimum absolute atomic E-state index is 0.00861. The Kier molecular flexibility index (Phi) is 5.53. The van der Waals surface area contributed by atoms with Crippen LogP contribution in [0.4, 0.5) is 0 Å². The van der Waals surface area contributed by atoms with Gasteiger partial charge in [0.1, 0.15) is 0 Å². The summed E-state index contributed by atoms with van der Waals surface area (Å²) in [6.45, 7) is 6.89. The molecule has 1 fully saturated rings. The Morgan fingerprint density at radius 3 is 2.80 bits per heavy atom. The average Bonchev–Trinajstić information content (AvgIpc) is 2.95. The fraction of sp³-hybridized carbons (Fsp3) is 0.500. The first-order valence-corrected chi connectivity index (χ1v) is 9.09. The molecule has 2 heterocycles. The van der Waals surface area contributed by atoms with E-state index in [0.29, 0.717) is 0 Å². The van der Waals surface area contributed by atoms with Gasteiger partial charge in [-0.2, -0.15) is 5.10 Å². The molecule has 1 aliphatic heterocycles. The van der Waals surface area contributed by atoms with Crippen LogP contribution in [0.3, 0.4) is 0 Å². The van der Waals surface area contributed by atoms with Gasteiger partial charge < -0.3 is 5.32 Å². The third-order valence-corrected chi connectivity index (χ3v) is 5.22.